The fraction of sp³-hybridized carbons (Fsp3) is 0.500. The molecule has 1 aromatic carbocycles. The average Bonchev–Trinajstić information content (AvgIpc) is 2.43. The summed E-state index contributed by atoms with van der Waals surface area (Å²) < 4.78 is 10.1. The lowest BCUT2D eigenvalue weighted by molar-refractivity contribution is -0.122. The van der Waals surface area contributed by atoms with Gasteiger partial charge in [-0.1, -0.05) is 30.3 Å². The van der Waals surface area contributed by atoms with Crippen LogP contribution in [0.5, 0.6) is 0 Å². The molecule has 0 radical (unpaired) electrons. The van der Waals surface area contributed by atoms with Gasteiger partial charge in [-0.25, -0.2) is 0 Å². The SMILES string of the molecule is COCCOCCNC(=O)C(N)Cc1ccccc1.Cl. The maximum absolute atomic E-state index is 11.7. The smallest absolute Gasteiger partial charge is 0.237 e. The van der Waals surface area contributed by atoms with Gasteiger partial charge >= 0.3 is 0 Å². The van der Waals surface area contributed by atoms with E-state index in [4.69, 9.17) is 15.2 Å². The van der Waals surface area contributed by atoms with Crippen LogP contribution in [-0.2, 0) is 20.7 Å². The molecule has 0 aromatic heterocycles. The summed E-state index contributed by atoms with van der Waals surface area (Å²) >= 11 is 0. The minimum Gasteiger partial charge on any atom is -0.382 e. The van der Waals surface area contributed by atoms with Crippen LogP contribution in [0, 0.1) is 0 Å². The number of hydrogen-bond acceptors (Lipinski definition) is 4. The van der Waals surface area contributed by atoms with Gasteiger partial charge in [-0.3, -0.25) is 4.79 Å². The van der Waals surface area contributed by atoms with Gasteiger partial charge in [0.1, 0.15) is 0 Å². The van der Waals surface area contributed by atoms with Gasteiger partial charge in [0.2, 0.25) is 5.91 Å². The third kappa shape index (κ3) is 8.12. The largest absolute Gasteiger partial charge is 0.382 e. The van der Waals surface area contributed by atoms with Crippen LogP contribution in [0.1, 0.15) is 5.56 Å². The standard InChI is InChI=1S/C14H22N2O3.ClH/c1-18-9-10-19-8-7-16-14(17)13(15)11-12-5-3-2-4-6-12;/h2-6,13H,7-11,15H2,1H3,(H,16,17);1H. The van der Waals surface area contributed by atoms with E-state index in [2.05, 4.69) is 5.32 Å². The molecule has 1 aromatic rings. The first-order valence-electron chi connectivity index (χ1n) is 6.38. The molecule has 1 unspecified atom stereocenters. The Labute approximate surface area is 126 Å². The molecule has 0 aliphatic heterocycles. The number of nitrogens with two attached hydrogens (primary N) is 1. The van der Waals surface area contributed by atoms with Gasteiger partial charge in [0.15, 0.2) is 0 Å². The van der Waals surface area contributed by atoms with Crippen LogP contribution in [0.3, 0.4) is 0 Å². The summed E-state index contributed by atoms with van der Waals surface area (Å²) in [6.07, 6.45) is 0.539. The number of ether oxygens (including phenoxy) is 2. The molecule has 114 valence electrons. The molecule has 0 fully saturated rings. The molecule has 1 atom stereocenters. The molecule has 5 nitrogen and oxygen atoms in total. The molecule has 1 rings (SSSR count). The zero-order valence-corrected chi connectivity index (χ0v) is 12.5. The quantitative estimate of drug-likeness (QED) is 0.661. The summed E-state index contributed by atoms with van der Waals surface area (Å²) in [5.41, 5.74) is 6.90. The van der Waals surface area contributed by atoms with E-state index in [-0.39, 0.29) is 18.3 Å². The van der Waals surface area contributed by atoms with Crippen LogP contribution in [0.15, 0.2) is 30.3 Å². The van der Waals surface area contributed by atoms with E-state index in [9.17, 15) is 4.79 Å². The molecule has 3 N–H and O–H groups in total. The number of rotatable bonds is 9. The molecule has 0 spiro atoms. The Hall–Kier alpha value is -1.14. The minimum atomic E-state index is -0.527. The molecule has 0 heterocycles. The highest BCUT2D eigenvalue weighted by molar-refractivity contribution is 5.85. The van der Waals surface area contributed by atoms with Crippen LogP contribution in [0.2, 0.25) is 0 Å². The summed E-state index contributed by atoms with van der Waals surface area (Å²) in [6.45, 7) is 2.02. The summed E-state index contributed by atoms with van der Waals surface area (Å²) in [7, 11) is 1.62. The number of amides is 1. The Bertz CT molecular complexity index is 363. The Morgan fingerprint density at radius 3 is 2.60 bits per heavy atom. The Morgan fingerprint density at radius 1 is 1.25 bits per heavy atom. The zero-order chi connectivity index (χ0) is 13.9. The van der Waals surface area contributed by atoms with Gasteiger partial charge in [-0.05, 0) is 12.0 Å². The molecule has 0 saturated carbocycles. The monoisotopic (exact) mass is 302 g/mol. The van der Waals surface area contributed by atoms with Crippen molar-refractivity contribution < 1.29 is 14.3 Å². The van der Waals surface area contributed by atoms with E-state index >= 15 is 0 Å². The van der Waals surface area contributed by atoms with Gasteiger partial charge in [-0.2, -0.15) is 0 Å². The number of nitrogens with one attached hydrogen (secondary N) is 1. The Balaban J connectivity index is 0.00000361. The zero-order valence-electron chi connectivity index (χ0n) is 11.7. The van der Waals surface area contributed by atoms with Crippen molar-refractivity contribution in [1.82, 2.24) is 5.32 Å². The van der Waals surface area contributed by atoms with Crippen LogP contribution in [0.4, 0.5) is 0 Å². The predicted molar refractivity (Wildman–Crippen MR) is 81.1 cm³/mol. The Kier molecular flexibility index (Phi) is 11.0. The fourth-order valence-corrected chi connectivity index (χ4v) is 1.58. The molecular weight excluding hydrogens is 280 g/mol. The van der Waals surface area contributed by atoms with Crippen molar-refractivity contribution >= 4 is 18.3 Å². The van der Waals surface area contributed by atoms with Crippen LogP contribution in [-0.4, -0.2) is 45.4 Å². The van der Waals surface area contributed by atoms with Crippen molar-refractivity contribution in [3.63, 3.8) is 0 Å². The highest BCUT2D eigenvalue weighted by Crippen LogP contribution is 2.01. The first-order valence-corrected chi connectivity index (χ1v) is 6.38. The lowest BCUT2D eigenvalue weighted by Gasteiger charge is -2.12. The maximum atomic E-state index is 11.7. The molecule has 6 heteroatoms. The maximum Gasteiger partial charge on any atom is 0.237 e. The first kappa shape index (κ1) is 18.9. The highest BCUT2D eigenvalue weighted by atomic mass is 35.5. The first-order chi connectivity index (χ1) is 9.24. The van der Waals surface area contributed by atoms with Gasteiger partial charge < -0.3 is 20.5 Å². The van der Waals surface area contributed by atoms with Crippen molar-refractivity contribution in [2.45, 2.75) is 12.5 Å². The molecule has 0 bridgehead atoms. The average molecular weight is 303 g/mol. The number of methoxy groups -OCH3 is 1. The van der Waals surface area contributed by atoms with Crippen LogP contribution < -0.4 is 11.1 Å². The lowest BCUT2D eigenvalue weighted by Crippen LogP contribution is -2.43. The van der Waals surface area contributed by atoms with Crippen molar-refractivity contribution in [3.05, 3.63) is 35.9 Å². The second kappa shape index (κ2) is 11.7. The van der Waals surface area contributed by atoms with Gasteiger partial charge in [0.05, 0.1) is 25.9 Å². The summed E-state index contributed by atoms with van der Waals surface area (Å²) in [5, 5.41) is 2.75. The number of benzene rings is 1. The van der Waals surface area contributed by atoms with E-state index in [0.717, 1.165) is 5.56 Å². The van der Waals surface area contributed by atoms with Crippen molar-refractivity contribution in [2.24, 2.45) is 5.73 Å². The third-order valence-electron chi connectivity index (χ3n) is 2.61. The second-order valence-corrected chi connectivity index (χ2v) is 4.19. The lowest BCUT2D eigenvalue weighted by atomic mass is 10.1. The van der Waals surface area contributed by atoms with E-state index in [1.807, 2.05) is 30.3 Å². The molecule has 0 aliphatic rings. The number of hydrogen-bond donors (Lipinski definition) is 2. The van der Waals surface area contributed by atoms with E-state index < -0.39 is 6.04 Å². The van der Waals surface area contributed by atoms with Crippen molar-refractivity contribution in [3.8, 4) is 0 Å². The van der Waals surface area contributed by atoms with E-state index in [0.29, 0.717) is 32.8 Å². The summed E-state index contributed by atoms with van der Waals surface area (Å²) in [5.74, 6) is -0.154. The van der Waals surface area contributed by atoms with Crippen LogP contribution >= 0.6 is 12.4 Å². The third-order valence-corrected chi connectivity index (χ3v) is 2.61. The van der Waals surface area contributed by atoms with Gasteiger partial charge in [0, 0.05) is 13.7 Å². The topological polar surface area (TPSA) is 73.6 Å². The van der Waals surface area contributed by atoms with Crippen molar-refractivity contribution in [2.75, 3.05) is 33.5 Å². The summed E-state index contributed by atoms with van der Waals surface area (Å²) in [4.78, 5) is 11.7. The second-order valence-electron chi connectivity index (χ2n) is 4.19. The molecule has 0 saturated heterocycles. The van der Waals surface area contributed by atoms with Gasteiger partial charge in [-0.15, -0.1) is 12.4 Å². The predicted octanol–water partition coefficient (Wildman–Crippen LogP) is 0.757. The molecular formula is C14H23ClN2O3. The molecule has 0 aliphatic carbocycles. The number of halogens is 1. The van der Waals surface area contributed by atoms with Crippen LogP contribution in [0.25, 0.3) is 0 Å². The number of carbonyl (C=O) groups excluding carboxylic acids is 1. The highest BCUT2D eigenvalue weighted by Gasteiger charge is 2.12. The summed E-state index contributed by atoms with van der Waals surface area (Å²) in [6, 6.07) is 9.20. The fourth-order valence-electron chi connectivity index (χ4n) is 1.58. The van der Waals surface area contributed by atoms with Crippen molar-refractivity contribution in [1.29, 1.82) is 0 Å². The van der Waals surface area contributed by atoms with E-state index in [1.165, 1.54) is 0 Å². The molecule has 20 heavy (non-hydrogen) atoms. The van der Waals surface area contributed by atoms with E-state index in [1.54, 1.807) is 7.11 Å². The molecule has 1 amide bonds. The van der Waals surface area contributed by atoms with Gasteiger partial charge in [0.25, 0.3) is 0 Å². The Morgan fingerprint density at radius 2 is 1.95 bits per heavy atom. The minimum absolute atomic E-state index is 0. The number of carbonyl (C=O) groups is 1. The normalized spacial score (nSPS) is 11.5.